The van der Waals surface area contributed by atoms with Crippen molar-refractivity contribution in [2.75, 3.05) is 11.5 Å². The van der Waals surface area contributed by atoms with Crippen molar-refractivity contribution >= 4 is 11.8 Å². The third-order valence-corrected chi connectivity index (χ3v) is 2.44. The van der Waals surface area contributed by atoms with Gasteiger partial charge in [-0.3, -0.25) is 4.70 Å². The molecule has 0 saturated heterocycles. The Balaban J connectivity index is 0. The van der Waals surface area contributed by atoms with Crippen LogP contribution in [0.25, 0.3) is 0 Å². The summed E-state index contributed by atoms with van der Waals surface area (Å²) in [7, 11) is 0. The van der Waals surface area contributed by atoms with E-state index in [4.69, 9.17) is 0 Å². The zero-order valence-electron chi connectivity index (χ0n) is 7.06. The van der Waals surface area contributed by atoms with E-state index in [9.17, 15) is 0 Å². The highest BCUT2D eigenvalue weighted by atomic mass is 32.2. The van der Waals surface area contributed by atoms with Crippen LogP contribution in [-0.2, 0) is 0 Å². The molecule has 2 heteroatoms. The Morgan fingerprint density at radius 3 is 1.60 bits per heavy atom. The minimum absolute atomic E-state index is 0. The quantitative estimate of drug-likeness (QED) is 0.544. The molecule has 0 aromatic rings. The predicted molar refractivity (Wildman–Crippen MR) is 49.6 cm³/mol. The van der Waals surface area contributed by atoms with Crippen molar-refractivity contribution < 1.29 is 4.70 Å². The smallest absolute Gasteiger partial charge is 0.00676 e. The zero-order chi connectivity index (χ0) is 6.95. The topological polar surface area (TPSA) is 0 Å². The van der Waals surface area contributed by atoms with Crippen molar-refractivity contribution in [3.05, 3.63) is 0 Å². The Kier molecular flexibility index (Phi) is 15.5. The van der Waals surface area contributed by atoms with Gasteiger partial charge in [0.1, 0.15) is 0 Å². The Morgan fingerprint density at radius 2 is 1.30 bits per heavy atom. The first-order valence-electron chi connectivity index (χ1n) is 3.99. The summed E-state index contributed by atoms with van der Waals surface area (Å²) in [5.74, 6) is 2.74. The van der Waals surface area contributed by atoms with E-state index in [1.807, 2.05) is 0 Å². The Labute approximate surface area is 68.1 Å². The third-order valence-electron chi connectivity index (χ3n) is 1.28. The highest BCUT2D eigenvalue weighted by molar-refractivity contribution is 7.99. The first-order chi connectivity index (χ1) is 4.41. The molecule has 10 heavy (non-hydrogen) atoms. The van der Waals surface area contributed by atoms with Crippen molar-refractivity contribution in [1.29, 1.82) is 0 Å². The highest BCUT2D eigenvalue weighted by Gasteiger charge is 1.85. The van der Waals surface area contributed by atoms with Crippen LogP contribution in [0.1, 0.15) is 39.5 Å². The van der Waals surface area contributed by atoms with Crippen molar-refractivity contribution in [2.24, 2.45) is 0 Å². The summed E-state index contributed by atoms with van der Waals surface area (Å²) in [5.41, 5.74) is 0. The minimum atomic E-state index is 0. The van der Waals surface area contributed by atoms with Crippen LogP contribution in [0.3, 0.4) is 0 Å². The van der Waals surface area contributed by atoms with Gasteiger partial charge in [0.15, 0.2) is 0 Å². The second-order valence-electron chi connectivity index (χ2n) is 2.32. The molecule has 0 atom stereocenters. The molecule has 64 valence electrons. The summed E-state index contributed by atoms with van der Waals surface area (Å²) in [5, 5.41) is 0. The molecule has 0 aliphatic carbocycles. The van der Waals surface area contributed by atoms with Crippen LogP contribution in [0.2, 0.25) is 0 Å². The molecule has 0 aliphatic heterocycles. The lowest BCUT2D eigenvalue weighted by Gasteiger charge is -1.96. The lowest BCUT2D eigenvalue weighted by Crippen LogP contribution is -1.81. The van der Waals surface area contributed by atoms with Gasteiger partial charge in [0.05, 0.1) is 0 Å². The van der Waals surface area contributed by atoms with E-state index in [0.717, 1.165) is 0 Å². The molecule has 0 aliphatic rings. The van der Waals surface area contributed by atoms with E-state index >= 15 is 0 Å². The summed E-state index contributed by atoms with van der Waals surface area (Å²) < 4.78 is 0. The Morgan fingerprint density at radius 1 is 0.900 bits per heavy atom. The summed E-state index contributed by atoms with van der Waals surface area (Å²) in [6.45, 7) is 4.50. The molecule has 0 spiro atoms. The average molecular weight is 166 g/mol. The van der Waals surface area contributed by atoms with Gasteiger partial charge >= 0.3 is 0 Å². The lowest BCUT2D eigenvalue weighted by molar-refractivity contribution is 0.879. The molecular weight excluding hydrogens is 147 g/mol. The molecule has 0 nitrogen and oxygen atoms in total. The monoisotopic (exact) mass is 166 g/mol. The van der Waals surface area contributed by atoms with E-state index in [0.29, 0.717) is 0 Å². The van der Waals surface area contributed by atoms with Gasteiger partial charge < -0.3 is 0 Å². The summed E-state index contributed by atoms with van der Waals surface area (Å²) in [4.78, 5) is 0. The second kappa shape index (κ2) is 12.0. The highest BCUT2D eigenvalue weighted by Crippen LogP contribution is 2.06. The fourth-order valence-electron chi connectivity index (χ4n) is 0.595. The predicted octanol–water partition coefficient (Wildman–Crippen LogP) is 3.47. The van der Waals surface area contributed by atoms with Gasteiger partial charge in [0.25, 0.3) is 0 Å². The lowest BCUT2D eigenvalue weighted by atomic mass is 10.4. The van der Waals surface area contributed by atoms with Gasteiger partial charge in [-0.25, -0.2) is 0 Å². The first-order valence-corrected chi connectivity index (χ1v) is 5.15. The van der Waals surface area contributed by atoms with Crippen LogP contribution < -0.4 is 0 Å². The van der Waals surface area contributed by atoms with Crippen LogP contribution in [0, 0.1) is 0 Å². The molecule has 0 heterocycles. The maximum absolute atomic E-state index is 2.25. The van der Waals surface area contributed by atoms with Gasteiger partial charge in [0.2, 0.25) is 0 Å². The van der Waals surface area contributed by atoms with Gasteiger partial charge in [0, 0.05) is 0 Å². The average Bonchev–Trinajstić information content (AvgIpc) is 1.89. The van der Waals surface area contributed by atoms with E-state index in [1.54, 1.807) is 0 Å². The second-order valence-corrected chi connectivity index (χ2v) is 3.54. The van der Waals surface area contributed by atoms with Crippen molar-refractivity contribution in [3.8, 4) is 0 Å². The summed E-state index contributed by atoms with van der Waals surface area (Å²) in [6, 6.07) is 0. The number of thioether (sulfide) groups is 1. The van der Waals surface area contributed by atoms with Crippen LogP contribution in [0.4, 0.5) is 4.70 Å². The van der Waals surface area contributed by atoms with Crippen LogP contribution >= 0.6 is 11.8 Å². The molecule has 0 N–H and O–H groups in total. The number of rotatable bonds is 6. The van der Waals surface area contributed by atoms with E-state index in [-0.39, 0.29) is 4.70 Å². The van der Waals surface area contributed by atoms with Crippen molar-refractivity contribution in [3.63, 3.8) is 0 Å². The molecular formula is C8H19FS. The van der Waals surface area contributed by atoms with Crippen LogP contribution in [-0.4, -0.2) is 11.5 Å². The maximum atomic E-state index is 2.25. The number of unbranched alkanes of at least 4 members (excludes halogenated alkanes) is 2. The van der Waals surface area contributed by atoms with E-state index < -0.39 is 0 Å². The SMILES string of the molecule is CCCCSCCCC.F. The molecule has 0 fully saturated rings. The van der Waals surface area contributed by atoms with Crippen LogP contribution in [0.15, 0.2) is 0 Å². The fraction of sp³-hybridized carbons (Fsp3) is 1.00. The minimum Gasteiger partial charge on any atom is -0.269 e. The van der Waals surface area contributed by atoms with Crippen molar-refractivity contribution in [2.45, 2.75) is 39.5 Å². The number of hydrogen-bond donors (Lipinski definition) is 0. The third kappa shape index (κ3) is 11.1. The standard InChI is InChI=1S/C8H18S.FH/c1-3-5-7-9-8-6-4-2;/h3-8H2,1-2H3;1H. The molecule has 0 amide bonds. The molecule has 0 rings (SSSR count). The summed E-state index contributed by atoms with van der Waals surface area (Å²) >= 11 is 2.10. The van der Waals surface area contributed by atoms with E-state index in [1.165, 1.54) is 37.2 Å². The Bertz CT molecular complexity index is 42.5. The first kappa shape index (κ1) is 12.9. The Hall–Kier alpha value is 0.280. The fourth-order valence-corrected chi connectivity index (χ4v) is 1.78. The van der Waals surface area contributed by atoms with Gasteiger partial charge in [-0.2, -0.15) is 11.8 Å². The summed E-state index contributed by atoms with van der Waals surface area (Å²) in [6.07, 6.45) is 5.49. The molecule has 0 aromatic heterocycles. The normalized spacial score (nSPS) is 9.00. The molecule has 0 radical (unpaired) electrons. The molecule has 0 saturated carbocycles. The van der Waals surface area contributed by atoms with E-state index in [2.05, 4.69) is 25.6 Å². The molecule has 0 bridgehead atoms. The van der Waals surface area contributed by atoms with Gasteiger partial charge in [-0.15, -0.1) is 0 Å². The van der Waals surface area contributed by atoms with Gasteiger partial charge in [-0.05, 0) is 24.3 Å². The maximum Gasteiger partial charge on any atom is -0.00676 e. The largest absolute Gasteiger partial charge is 0.269 e. The van der Waals surface area contributed by atoms with Crippen molar-refractivity contribution in [1.82, 2.24) is 0 Å². The van der Waals surface area contributed by atoms with Gasteiger partial charge in [-0.1, -0.05) is 26.7 Å². The van der Waals surface area contributed by atoms with Crippen LogP contribution in [0.5, 0.6) is 0 Å². The molecule has 0 unspecified atom stereocenters. The molecule has 0 aromatic carbocycles. The zero-order valence-corrected chi connectivity index (χ0v) is 7.88. The number of hydrogen-bond acceptors (Lipinski definition) is 1. The number of halogens is 1.